The Balaban J connectivity index is 1.63. The minimum atomic E-state index is -0.126. The van der Waals surface area contributed by atoms with Crippen LogP contribution in [-0.2, 0) is 4.79 Å². The summed E-state index contributed by atoms with van der Waals surface area (Å²) in [6.07, 6.45) is 3.78. The van der Waals surface area contributed by atoms with Crippen molar-refractivity contribution in [1.29, 1.82) is 0 Å². The van der Waals surface area contributed by atoms with Crippen LogP contribution in [-0.4, -0.2) is 20.6 Å². The van der Waals surface area contributed by atoms with Gasteiger partial charge in [0.15, 0.2) is 5.17 Å². The average molecular weight is 403 g/mol. The number of aromatic nitrogens is 2. The molecule has 1 fully saturated rings. The van der Waals surface area contributed by atoms with E-state index in [2.05, 4.69) is 25.9 Å². The predicted molar refractivity (Wildman–Crippen MR) is 120 cm³/mol. The standard InChI is InChI=1S/C23H22N4OS/c1-14-5-8-19(9-6-14)25-23-26-22(28)20(29-23)12-18-11-16(3)27(17(18)4)21-10-7-15(2)13-24-21/h5-13H,1-4H3,(H,25,26,28)/b20-12+. The van der Waals surface area contributed by atoms with Crippen LogP contribution in [0.4, 0.5) is 5.69 Å². The largest absolute Gasteiger partial charge is 0.303 e. The van der Waals surface area contributed by atoms with Gasteiger partial charge in [-0.05, 0) is 80.9 Å². The van der Waals surface area contributed by atoms with Gasteiger partial charge in [0, 0.05) is 17.6 Å². The number of carbonyl (C=O) groups is 1. The highest BCUT2D eigenvalue weighted by Crippen LogP contribution is 2.30. The minimum absolute atomic E-state index is 0.126. The lowest BCUT2D eigenvalue weighted by Crippen LogP contribution is -2.19. The van der Waals surface area contributed by atoms with E-state index in [0.717, 1.165) is 34.0 Å². The van der Waals surface area contributed by atoms with Crippen LogP contribution in [0.2, 0.25) is 0 Å². The lowest BCUT2D eigenvalue weighted by Gasteiger charge is -2.08. The van der Waals surface area contributed by atoms with E-state index in [9.17, 15) is 4.79 Å². The summed E-state index contributed by atoms with van der Waals surface area (Å²) >= 11 is 1.36. The minimum Gasteiger partial charge on any atom is -0.303 e. The number of rotatable bonds is 3. The Morgan fingerprint density at radius 3 is 2.45 bits per heavy atom. The summed E-state index contributed by atoms with van der Waals surface area (Å²) in [6.45, 7) is 8.14. The number of hydrogen-bond acceptors (Lipinski definition) is 4. The van der Waals surface area contributed by atoms with Gasteiger partial charge in [-0.15, -0.1) is 0 Å². The van der Waals surface area contributed by atoms with Crippen molar-refractivity contribution in [3.63, 3.8) is 0 Å². The summed E-state index contributed by atoms with van der Waals surface area (Å²) < 4.78 is 2.10. The molecule has 3 heterocycles. The molecule has 0 aliphatic carbocycles. The molecule has 0 bridgehead atoms. The molecular formula is C23H22N4OS. The van der Waals surface area contributed by atoms with Crippen LogP contribution >= 0.6 is 11.8 Å². The maximum Gasteiger partial charge on any atom is 0.264 e. The van der Waals surface area contributed by atoms with Crippen molar-refractivity contribution >= 4 is 34.6 Å². The monoisotopic (exact) mass is 402 g/mol. The molecule has 1 N–H and O–H groups in total. The molecule has 3 aromatic rings. The van der Waals surface area contributed by atoms with Crippen molar-refractivity contribution in [1.82, 2.24) is 14.9 Å². The molecule has 146 valence electrons. The molecule has 1 amide bonds. The zero-order chi connectivity index (χ0) is 20.5. The van der Waals surface area contributed by atoms with Gasteiger partial charge >= 0.3 is 0 Å². The summed E-state index contributed by atoms with van der Waals surface area (Å²) in [6, 6.07) is 14.0. The molecular weight excluding hydrogens is 380 g/mol. The second-order valence-corrected chi connectivity index (χ2v) is 8.20. The van der Waals surface area contributed by atoms with Gasteiger partial charge in [0.2, 0.25) is 0 Å². The first kappa shape index (κ1) is 19.2. The Labute approximate surface area is 174 Å². The number of aliphatic imine (C=N–C) groups is 1. The molecule has 0 atom stereocenters. The SMILES string of the molecule is Cc1ccc(N=C2NC(=O)/C(=C\c3cc(C)n(-c4ccc(C)cn4)c3C)S2)cc1. The Morgan fingerprint density at radius 2 is 1.76 bits per heavy atom. The second kappa shape index (κ2) is 7.72. The van der Waals surface area contributed by atoms with E-state index in [0.29, 0.717) is 10.1 Å². The first-order valence-electron chi connectivity index (χ1n) is 9.39. The maximum atomic E-state index is 12.4. The van der Waals surface area contributed by atoms with E-state index in [1.54, 1.807) is 0 Å². The fourth-order valence-electron chi connectivity index (χ4n) is 3.24. The van der Waals surface area contributed by atoms with Crippen LogP contribution in [0.25, 0.3) is 11.9 Å². The van der Waals surface area contributed by atoms with Gasteiger partial charge in [-0.2, -0.15) is 0 Å². The first-order chi connectivity index (χ1) is 13.9. The lowest BCUT2D eigenvalue weighted by molar-refractivity contribution is -0.115. The molecule has 0 unspecified atom stereocenters. The van der Waals surface area contributed by atoms with Crippen molar-refractivity contribution in [3.8, 4) is 5.82 Å². The molecule has 29 heavy (non-hydrogen) atoms. The maximum absolute atomic E-state index is 12.4. The number of benzene rings is 1. The zero-order valence-electron chi connectivity index (χ0n) is 16.9. The number of amidine groups is 1. The number of thioether (sulfide) groups is 1. The number of pyridine rings is 1. The number of amides is 1. The van der Waals surface area contributed by atoms with Gasteiger partial charge in [-0.3, -0.25) is 4.79 Å². The van der Waals surface area contributed by atoms with Crippen LogP contribution < -0.4 is 5.32 Å². The Hall–Kier alpha value is -3.12. The molecule has 1 aliphatic rings. The highest BCUT2D eigenvalue weighted by Gasteiger charge is 2.24. The van der Waals surface area contributed by atoms with E-state index >= 15 is 0 Å². The third kappa shape index (κ3) is 4.03. The van der Waals surface area contributed by atoms with E-state index in [1.807, 2.05) is 76.4 Å². The molecule has 1 saturated heterocycles. The summed E-state index contributed by atoms with van der Waals surface area (Å²) in [4.78, 5) is 22.1. The summed E-state index contributed by atoms with van der Waals surface area (Å²) in [5.74, 6) is 0.750. The Morgan fingerprint density at radius 1 is 1.03 bits per heavy atom. The van der Waals surface area contributed by atoms with Crippen molar-refractivity contribution < 1.29 is 4.79 Å². The quantitative estimate of drug-likeness (QED) is 0.628. The van der Waals surface area contributed by atoms with Crippen molar-refractivity contribution in [3.05, 3.63) is 81.6 Å². The molecule has 0 saturated carbocycles. The second-order valence-electron chi connectivity index (χ2n) is 7.17. The number of hydrogen-bond donors (Lipinski definition) is 1. The Kier molecular flexibility index (Phi) is 5.11. The van der Waals surface area contributed by atoms with Crippen molar-refractivity contribution in [2.75, 3.05) is 0 Å². The van der Waals surface area contributed by atoms with Crippen molar-refractivity contribution in [2.45, 2.75) is 27.7 Å². The van der Waals surface area contributed by atoms with Gasteiger partial charge < -0.3 is 9.88 Å². The summed E-state index contributed by atoms with van der Waals surface area (Å²) in [5, 5.41) is 3.45. The predicted octanol–water partition coefficient (Wildman–Crippen LogP) is 5.00. The van der Waals surface area contributed by atoms with Gasteiger partial charge in [0.1, 0.15) is 5.82 Å². The smallest absolute Gasteiger partial charge is 0.264 e. The highest BCUT2D eigenvalue weighted by molar-refractivity contribution is 8.18. The summed E-state index contributed by atoms with van der Waals surface area (Å²) in [5.41, 5.74) is 6.24. The number of aryl methyl sites for hydroxylation is 3. The molecule has 0 radical (unpaired) electrons. The molecule has 2 aromatic heterocycles. The topological polar surface area (TPSA) is 59.3 Å². The van der Waals surface area contributed by atoms with Crippen LogP contribution in [0.15, 0.2) is 58.6 Å². The molecule has 6 heteroatoms. The van der Waals surface area contributed by atoms with E-state index in [4.69, 9.17) is 0 Å². The fourth-order valence-corrected chi connectivity index (χ4v) is 4.07. The average Bonchev–Trinajstić information content (AvgIpc) is 3.17. The zero-order valence-corrected chi connectivity index (χ0v) is 17.7. The number of nitrogens with one attached hydrogen (secondary N) is 1. The van der Waals surface area contributed by atoms with Crippen molar-refractivity contribution in [2.24, 2.45) is 4.99 Å². The van der Waals surface area contributed by atoms with Crippen LogP contribution in [0, 0.1) is 27.7 Å². The molecule has 1 aliphatic heterocycles. The Bertz CT molecular complexity index is 1140. The molecule has 0 spiro atoms. The number of nitrogens with zero attached hydrogens (tertiary/aromatic N) is 3. The van der Waals surface area contributed by atoms with Gasteiger partial charge in [0.05, 0.1) is 10.6 Å². The van der Waals surface area contributed by atoms with E-state index in [-0.39, 0.29) is 5.91 Å². The highest BCUT2D eigenvalue weighted by atomic mass is 32.2. The molecule has 1 aromatic carbocycles. The van der Waals surface area contributed by atoms with Gasteiger partial charge in [0.25, 0.3) is 5.91 Å². The third-order valence-corrected chi connectivity index (χ3v) is 5.71. The van der Waals surface area contributed by atoms with Crippen LogP contribution in [0.1, 0.15) is 28.1 Å². The first-order valence-corrected chi connectivity index (χ1v) is 10.2. The summed E-state index contributed by atoms with van der Waals surface area (Å²) in [7, 11) is 0. The third-order valence-electron chi connectivity index (χ3n) is 4.80. The van der Waals surface area contributed by atoms with Crippen LogP contribution in [0.3, 0.4) is 0 Å². The lowest BCUT2D eigenvalue weighted by atomic mass is 10.2. The fraction of sp³-hybridized carbons (Fsp3) is 0.174. The molecule has 5 nitrogen and oxygen atoms in total. The van der Waals surface area contributed by atoms with E-state index < -0.39 is 0 Å². The van der Waals surface area contributed by atoms with Gasteiger partial charge in [-0.1, -0.05) is 23.8 Å². The van der Waals surface area contributed by atoms with Gasteiger partial charge in [-0.25, -0.2) is 9.98 Å². The van der Waals surface area contributed by atoms with Crippen LogP contribution in [0.5, 0.6) is 0 Å². The van der Waals surface area contributed by atoms with E-state index in [1.165, 1.54) is 17.3 Å². The molecule has 4 rings (SSSR count). The number of carbonyl (C=O) groups excluding carboxylic acids is 1. The normalized spacial score (nSPS) is 16.6.